The lowest BCUT2D eigenvalue weighted by Gasteiger charge is -2.35. The number of benzene rings is 2. The smallest absolute Gasteiger partial charge is 0.322 e. The van der Waals surface area contributed by atoms with Crippen LogP contribution in [0.4, 0.5) is 20.6 Å². The fraction of sp³-hybridized carbons (Fsp3) is 0.348. The Morgan fingerprint density at radius 2 is 1.77 bits per heavy atom. The Labute approximate surface area is 181 Å². The molecule has 0 unspecified atom stereocenters. The number of hydrogen-bond acceptors (Lipinski definition) is 3. The van der Waals surface area contributed by atoms with Crippen LogP contribution in [0.5, 0.6) is 0 Å². The maximum Gasteiger partial charge on any atom is 0.322 e. The van der Waals surface area contributed by atoms with Gasteiger partial charge in [0.1, 0.15) is 11.9 Å². The molecule has 3 rings (SSSR count). The van der Waals surface area contributed by atoms with E-state index in [0.717, 1.165) is 5.56 Å². The molecule has 31 heavy (non-hydrogen) atoms. The minimum Gasteiger partial charge on any atom is -0.353 e. The van der Waals surface area contributed by atoms with Crippen molar-refractivity contribution in [1.82, 2.24) is 10.2 Å². The lowest BCUT2D eigenvalue weighted by Crippen LogP contribution is -2.59. The quantitative estimate of drug-likeness (QED) is 0.699. The number of hydrogen-bond donors (Lipinski definition) is 3. The summed E-state index contributed by atoms with van der Waals surface area (Å²) in [5, 5.41) is 8.23. The molecule has 164 valence electrons. The van der Waals surface area contributed by atoms with Gasteiger partial charge in [0.25, 0.3) is 0 Å². The van der Waals surface area contributed by atoms with Gasteiger partial charge >= 0.3 is 6.03 Å². The van der Waals surface area contributed by atoms with E-state index in [-0.39, 0.29) is 24.3 Å². The molecule has 1 aliphatic heterocycles. The van der Waals surface area contributed by atoms with Crippen molar-refractivity contribution in [3.63, 3.8) is 0 Å². The monoisotopic (exact) mass is 426 g/mol. The number of halogens is 1. The number of piperazine rings is 1. The summed E-state index contributed by atoms with van der Waals surface area (Å²) in [6, 6.07) is 11.5. The van der Waals surface area contributed by atoms with Crippen LogP contribution in [0.3, 0.4) is 0 Å². The second-order valence-corrected chi connectivity index (χ2v) is 8.49. The number of nitrogens with one attached hydrogen (secondary N) is 3. The summed E-state index contributed by atoms with van der Waals surface area (Å²) in [5.74, 6) is -1.25. The number of amides is 4. The molecule has 1 atom stereocenters. The van der Waals surface area contributed by atoms with Crippen LogP contribution in [0.1, 0.15) is 32.8 Å². The Morgan fingerprint density at radius 1 is 1.10 bits per heavy atom. The molecule has 3 N–H and O–H groups in total. The van der Waals surface area contributed by atoms with Gasteiger partial charge in [0.2, 0.25) is 11.8 Å². The molecule has 7 nitrogen and oxygen atoms in total. The van der Waals surface area contributed by atoms with E-state index in [4.69, 9.17) is 0 Å². The third kappa shape index (κ3) is 5.59. The van der Waals surface area contributed by atoms with E-state index in [0.29, 0.717) is 17.9 Å². The normalized spacial score (nSPS) is 16.5. The van der Waals surface area contributed by atoms with Gasteiger partial charge in [0.15, 0.2) is 0 Å². The second kappa shape index (κ2) is 9.16. The first-order valence-electron chi connectivity index (χ1n) is 10.2. The van der Waals surface area contributed by atoms with Crippen LogP contribution in [0, 0.1) is 5.82 Å². The van der Waals surface area contributed by atoms with Crippen molar-refractivity contribution in [2.24, 2.45) is 0 Å². The van der Waals surface area contributed by atoms with Crippen molar-refractivity contribution in [1.29, 1.82) is 0 Å². The summed E-state index contributed by atoms with van der Waals surface area (Å²) in [7, 11) is 0. The van der Waals surface area contributed by atoms with Crippen molar-refractivity contribution < 1.29 is 18.8 Å². The van der Waals surface area contributed by atoms with Crippen LogP contribution in [-0.2, 0) is 15.0 Å². The predicted octanol–water partition coefficient (Wildman–Crippen LogP) is 3.48. The van der Waals surface area contributed by atoms with Crippen molar-refractivity contribution in [3.8, 4) is 0 Å². The van der Waals surface area contributed by atoms with Gasteiger partial charge in [-0.2, -0.15) is 0 Å². The molecule has 1 fully saturated rings. The second-order valence-electron chi connectivity index (χ2n) is 8.49. The van der Waals surface area contributed by atoms with E-state index >= 15 is 0 Å². The summed E-state index contributed by atoms with van der Waals surface area (Å²) < 4.78 is 13.1. The Hall–Kier alpha value is -3.42. The van der Waals surface area contributed by atoms with Gasteiger partial charge in [-0.3, -0.25) is 9.59 Å². The van der Waals surface area contributed by atoms with Crippen LogP contribution >= 0.6 is 0 Å². The maximum atomic E-state index is 13.1. The Kier molecular flexibility index (Phi) is 6.58. The van der Waals surface area contributed by atoms with Crippen molar-refractivity contribution >= 4 is 29.2 Å². The molecule has 0 bridgehead atoms. The number of rotatable bonds is 4. The highest BCUT2D eigenvalue weighted by Crippen LogP contribution is 2.29. The van der Waals surface area contributed by atoms with E-state index in [9.17, 15) is 18.8 Å². The molecule has 2 aromatic rings. The highest BCUT2D eigenvalue weighted by atomic mass is 19.1. The van der Waals surface area contributed by atoms with Crippen molar-refractivity contribution in [2.45, 2.75) is 38.6 Å². The zero-order valence-corrected chi connectivity index (χ0v) is 17.9. The molecule has 4 amide bonds. The maximum absolute atomic E-state index is 13.1. The average molecular weight is 426 g/mol. The summed E-state index contributed by atoms with van der Waals surface area (Å²) in [6.45, 7) is 6.74. The van der Waals surface area contributed by atoms with E-state index < -0.39 is 23.8 Å². The topological polar surface area (TPSA) is 90.5 Å². The van der Waals surface area contributed by atoms with Gasteiger partial charge in [-0.1, -0.05) is 39.0 Å². The van der Waals surface area contributed by atoms with Crippen molar-refractivity contribution in [3.05, 3.63) is 59.9 Å². The zero-order chi connectivity index (χ0) is 22.6. The Balaban J connectivity index is 1.73. The molecule has 8 heteroatoms. The van der Waals surface area contributed by atoms with Gasteiger partial charge in [0.05, 0.1) is 6.42 Å². The van der Waals surface area contributed by atoms with Crippen LogP contribution < -0.4 is 16.0 Å². The Morgan fingerprint density at radius 3 is 2.45 bits per heavy atom. The first-order valence-corrected chi connectivity index (χ1v) is 10.2. The molecule has 0 aliphatic carbocycles. The van der Waals surface area contributed by atoms with Gasteiger partial charge in [-0.05, 0) is 41.3 Å². The van der Waals surface area contributed by atoms with Gasteiger partial charge in [0, 0.05) is 24.5 Å². The standard InChI is InChI=1S/C23H27FN4O3/c1-23(2,3)17-6-4-5-7-18(17)27-22(31)28-13-12-25-21(30)19(28)14-20(29)26-16-10-8-15(24)9-11-16/h4-11,19H,12-14H2,1-3H3,(H,25,30)(H,26,29)(H,27,31)/t19-/m1/s1. The Bertz CT molecular complexity index is 970. The number of carbonyl (C=O) groups excluding carboxylic acids is 3. The molecule has 1 aliphatic rings. The number of anilines is 2. The van der Waals surface area contributed by atoms with Gasteiger partial charge in [-0.15, -0.1) is 0 Å². The highest BCUT2D eigenvalue weighted by Gasteiger charge is 2.35. The van der Waals surface area contributed by atoms with Crippen LogP contribution in [0.2, 0.25) is 0 Å². The molecule has 0 aromatic heterocycles. The summed E-state index contributed by atoms with van der Waals surface area (Å²) in [6.07, 6.45) is -0.211. The molecule has 0 spiro atoms. The lowest BCUT2D eigenvalue weighted by atomic mass is 9.86. The van der Waals surface area contributed by atoms with Crippen LogP contribution in [-0.4, -0.2) is 41.9 Å². The minimum absolute atomic E-state index is 0.183. The van der Waals surface area contributed by atoms with Gasteiger partial charge in [-0.25, -0.2) is 9.18 Å². The average Bonchev–Trinajstić information content (AvgIpc) is 2.71. The number of carbonyl (C=O) groups is 3. The molecule has 0 saturated carbocycles. The van der Waals surface area contributed by atoms with E-state index in [2.05, 4.69) is 36.7 Å². The van der Waals surface area contributed by atoms with E-state index in [1.807, 2.05) is 24.3 Å². The first-order chi connectivity index (χ1) is 14.6. The molecule has 2 aromatic carbocycles. The van der Waals surface area contributed by atoms with E-state index in [1.54, 1.807) is 0 Å². The molecular weight excluding hydrogens is 399 g/mol. The molecule has 1 heterocycles. The molecular formula is C23H27FN4O3. The SMILES string of the molecule is CC(C)(C)c1ccccc1NC(=O)N1CCNC(=O)[C@H]1CC(=O)Nc1ccc(F)cc1. The number of para-hydroxylation sites is 1. The first kappa shape index (κ1) is 22.3. The van der Waals surface area contributed by atoms with E-state index in [1.165, 1.54) is 29.2 Å². The molecule has 0 radical (unpaired) electrons. The third-order valence-corrected chi connectivity index (χ3v) is 5.08. The number of nitrogens with zero attached hydrogens (tertiary/aromatic N) is 1. The van der Waals surface area contributed by atoms with Crippen LogP contribution in [0.15, 0.2) is 48.5 Å². The fourth-order valence-electron chi connectivity index (χ4n) is 3.51. The number of urea groups is 1. The summed E-state index contributed by atoms with van der Waals surface area (Å²) >= 11 is 0. The van der Waals surface area contributed by atoms with Crippen LogP contribution in [0.25, 0.3) is 0 Å². The van der Waals surface area contributed by atoms with Gasteiger partial charge < -0.3 is 20.9 Å². The van der Waals surface area contributed by atoms with Crippen molar-refractivity contribution in [2.75, 3.05) is 23.7 Å². The molecule has 1 saturated heterocycles. The highest BCUT2D eigenvalue weighted by molar-refractivity contribution is 5.99. The minimum atomic E-state index is -0.948. The summed E-state index contributed by atoms with van der Waals surface area (Å²) in [5.41, 5.74) is 1.87. The predicted molar refractivity (Wildman–Crippen MR) is 117 cm³/mol. The lowest BCUT2D eigenvalue weighted by molar-refractivity contribution is -0.130. The summed E-state index contributed by atoms with van der Waals surface area (Å²) in [4.78, 5) is 39.4. The largest absolute Gasteiger partial charge is 0.353 e. The zero-order valence-electron chi connectivity index (χ0n) is 17.9. The third-order valence-electron chi connectivity index (χ3n) is 5.08. The fourth-order valence-corrected chi connectivity index (χ4v) is 3.51.